The average molecular weight is 267 g/mol. The molecule has 2 nitrogen and oxygen atoms in total. The highest BCUT2D eigenvalue weighted by atomic mass is 32.2. The molecule has 0 saturated carbocycles. The van der Waals surface area contributed by atoms with Crippen LogP contribution in [0, 0.1) is 6.92 Å². The molecule has 1 N–H and O–H groups in total. The van der Waals surface area contributed by atoms with Crippen molar-refractivity contribution < 1.29 is 4.21 Å². The molecule has 1 unspecified atom stereocenters. The van der Waals surface area contributed by atoms with Crippen molar-refractivity contribution >= 4 is 10.8 Å². The summed E-state index contributed by atoms with van der Waals surface area (Å²) in [6.45, 7) is 9.46. The third-order valence-electron chi connectivity index (χ3n) is 2.78. The monoisotopic (exact) mass is 267 g/mol. The molecule has 1 rings (SSSR count). The summed E-state index contributed by atoms with van der Waals surface area (Å²) in [5, 5.41) is 3.42. The standard InChI is InChI=1S/C15H25NOS/c1-13-8-5-6-9-14(13)12-18(17)11-7-10-16-15(2,3)4/h5-6,8-9,16H,7,10-12H2,1-4H3. The Hall–Kier alpha value is -0.670. The Morgan fingerprint density at radius 1 is 1.22 bits per heavy atom. The van der Waals surface area contributed by atoms with E-state index in [-0.39, 0.29) is 5.54 Å². The predicted molar refractivity (Wildman–Crippen MR) is 80.3 cm³/mol. The maximum Gasteiger partial charge on any atom is 0.0488 e. The van der Waals surface area contributed by atoms with Gasteiger partial charge in [0.1, 0.15) is 0 Å². The number of hydrogen-bond acceptors (Lipinski definition) is 2. The molecule has 0 aromatic heterocycles. The maximum atomic E-state index is 12.0. The van der Waals surface area contributed by atoms with E-state index in [0.717, 1.165) is 18.7 Å². The molecule has 3 heteroatoms. The molecule has 0 aliphatic rings. The van der Waals surface area contributed by atoms with E-state index in [1.165, 1.54) is 11.1 Å². The van der Waals surface area contributed by atoms with Gasteiger partial charge in [-0.2, -0.15) is 0 Å². The van der Waals surface area contributed by atoms with Crippen LogP contribution in [0.5, 0.6) is 0 Å². The van der Waals surface area contributed by atoms with Crippen LogP contribution in [0.2, 0.25) is 0 Å². The fourth-order valence-electron chi connectivity index (χ4n) is 1.71. The Morgan fingerprint density at radius 2 is 1.89 bits per heavy atom. The molecular weight excluding hydrogens is 242 g/mol. The molecule has 0 bridgehead atoms. The minimum Gasteiger partial charge on any atom is -0.312 e. The molecular formula is C15H25NOS. The molecule has 0 spiro atoms. The molecule has 18 heavy (non-hydrogen) atoms. The Kier molecular flexibility index (Phi) is 6.03. The first-order chi connectivity index (χ1) is 8.38. The lowest BCUT2D eigenvalue weighted by atomic mass is 10.1. The van der Waals surface area contributed by atoms with E-state index in [9.17, 15) is 4.21 Å². The Bertz CT molecular complexity index is 396. The SMILES string of the molecule is Cc1ccccc1CS(=O)CCCNC(C)(C)C. The zero-order valence-electron chi connectivity index (χ0n) is 12.0. The van der Waals surface area contributed by atoms with Gasteiger partial charge >= 0.3 is 0 Å². The van der Waals surface area contributed by atoms with Crippen molar-refractivity contribution in [3.05, 3.63) is 35.4 Å². The highest BCUT2D eigenvalue weighted by molar-refractivity contribution is 7.84. The second-order valence-corrected chi connectivity index (χ2v) is 7.32. The van der Waals surface area contributed by atoms with Gasteiger partial charge in [-0.25, -0.2) is 0 Å². The number of nitrogens with one attached hydrogen (secondary N) is 1. The largest absolute Gasteiger partial charge is 0.312 e. The molecule has 0 amide bonds. The van der Waals surface area contributed by atoms with E-state index in [1.807, 2.05) is 12.1 Å². The lowest BCUT2D eigenvalue weighted by Gasteiger charge is -2.20. The van der Waals surface area contributed by atoms with Gasteiger partial charge in [-0.15, -0.1) is 0 Å². The van der Waals surface area contributed by atoms with Crippen LogP contribution in [0.3, 0.4) is 0 Å². The summed E-state index contributed by atoms with van der Waals surface area (Å²) in [5.41, 5.74) is 2.59. The van der Waals surface area contributed by atoms with Crippen molar-refractivity contribution in [2.75, 3.05) is 12.3 Å². The van der Waals surface area contributed by atoms with E-state index >= 15 is 0 Å². The van der Waals surface area contributed by atoms with Crippen LogP contribution in [-0.4, -0.2) is 22.0 Å². The van der Waals surface area contributed by atoms with Crippen molar-refractivity contribution in [2.45, 2.75) is 45.4 Å². The van der Waals surface area contributed by atoms with E-state index < -0.39 is 10.8 Å². The fourth-order valence-corrected chi connectivity index (χ4v) is 3.00. The third kappa shape index (κ3) is 6.31. The van der Waals surface area contributed by atoms with E-state index in [4.69, 9.17) is 0 Å². The van der Waals surface area contributed by atoms with Gasteiger partial charge < -0.3 is 5.32 Å². The first-order valence-electron chi connectivity index (χ1n) is 6.53. The Labute approximate surface area is 114 Å². The van der Waals surface area contributed by atoms with Gasteiger partial charge in [0.25, 0.3) is 0 Å². The minimum atomic E-state index is -0.750. The second-order valence-electron chi connectivity index (χ2n) is 5.75. The van der Waals surface area contributed by atoms with Gasteiger partial charge in [-0.05, 0) is 51.8 Å². The lowest BCUT2D eigenvalue weighted by molar-refractivity contribution is 0.427. The molecule has 0 saturated heterocycles. The lowest BCUT2D eigenvalue weighted by Crippen LogP contribution is -2.36. The molecule has 1 atom stereocenters. The summed E-state index contributed by atoms with van der Waals surface area (Å²) in [5.74, 6) is 1.46. The number of rotatable bonds is 6. The molecule has 1 aromatic rings. The first-order valence-corrected chi connectivity index (χ1v) is 8.02. The van der Waals surface area contributed by atoms with Crippen LogP contribution >= 0.6 is 0 Å². The van der Waals surface area contributed by atoms with Crippen molar-refractivity contribution in [2.24, 2.45) is 0 Å². The van der Waals surface area contributed by atoms with E-state index in [0.29, 0.717) is 5.75 Å². The summed E-state index contributed by atoms with van der Waals surface area (Å²) in [6.07, 6.45) is 0.968. The van der Waals surface area contributed by atoms with Gasteiger partial charge in [0, 0.05) is 27.8 Å². The number of aryl methyl sites for hydroxylation is 1. The normalized spacial score (nSPS) is 13.6. The minimum absolute atomic E-state index is 0.150. The van der Waals surface area contributed by atoms with E-state index in [2.05, 4.69) is 45.1 Å². The number of benzene rings is 1. The third-order valence-corrected chi connectivity index (χ3v) is 4.16. The highest BCUT2D eigenvalue weighted by Gasteiger charge is 2.08. The predicted octanol–water partition coefficient (Wildman–Crippen LogP) is 3.02. The van der Waals surface area contributed by atoms with Crippen LogP contribution in [0.1, 0.15) is 38.3 Å². The van der Waals surface area contributed by atoms with Gasteiger partial charge in [0.2, 0.25) is 0 Å². The first kappa shape index (κ1) is 15.4. The molecule has 1 aromatic carbocycles. The molecule has 0 aliphatic carbocycles. The smallest absolute Gasteiger partial charge is 0.0488 e. The fraction of sp³-hybridized carbons (Fsp3) is 0.600. The van der Waals surface area contributed by atoms with Crippen LogP contribution in [0.4, 0.5) is 0 Å². The molecule has 0 aliphatic heterocycles. The molecule has 0 radical (unpaired) electrons. The highest BCUT2D eigenvalue weighted by Crippen LogP contribution is 2.10. The van der Waals surface area contributed by atoms with Crippen molar-refractivity contribution in [3.63, 3.8) is 0 Å². The van der Waals surface area contributed by atoms with Crippen molar-refractivity contribution in [1.82, 2.24) is 5.32 Å². The molecule has 0 fully saturated rings. The summed E-state index contributed by atoms with van der Waals surface area (Å²) in [4.78, 5) is 0. The summed E-state index contributed by atoms with van der Waals surface area (Å²) in [6, 6.07) is 8.18. The zero-order chi connectivity index (χ0) is 13.6. The Morgan fingerprint density at radius 3 is 2.50 bits per heavy atom. The summed E-state index contributed by atoms with van der Waals surface area (Å²) < 4.78 is 12.0. The van der Waals surface area contributed by atoms with E-state index in [1.54, 1.807) is 0 Å². The van der Waals surface area contributed by atoms with Gasteiger partial charge in [-0.3, -0.25) is 4.21 Å². The number of hydrogen-bond donors (Lipinski definition) is 1. The maximum absolute atomic E-state index is 12.0. The van der Waals surface area contributed by atoms with Crippen LogP contribution in [0.25, 0.3) is 0 Å². The average Bonchev–Trinajstić information content (AvgIpc) is 2.26. The van der Waals surface area contributed by atoms with Crippen LogP contribution < -0.4 is 5.32 Å². The summed E-state index contributed by atoms with van der Waals surface area (Å²) in [7, 11) is -0.750. The van der Waals surface area contributed by atoms with Crippen molar-refractivity contribution in [3.8, 4) is 0 Å². The van der Waals surface area contributed by atoms with Gasteiger partial charge in [-0.1, -0.05) is 24.3 Å². The topological polar surface area (TPSA) is 29.1 Å². The molecule has 102 valence electrons. The van der Waals surface area contributed by atoms with Crippen LogP contribution in [0.15, 0.2) is 24.3 Å². The zero-order valence-corrected chi connectivity index (χ0v) is 12.8. The van der Waals surface area contributed by atoms with Crippen molar-refractivity contribution in [1.29, 1.82) is 0 Å². The van der Waals surface area contributed by atoms with Gasteiger partial charge in [0.15, 0.2) is 0 Å². The summed E-state index contributed by atoms with van der Waals surface area (Å²) >= 11 is 0. The second kappa shape index (κ2) is 7.05. The molecule has 0 heterocycles. The Balaban J connectivity index is 2.29. The van der Waals surface area contributed by atoms with Gasteiger partial charge in [0.05, 0.1) is 0 Å². The quantitative estimate of drug-likeness (QED) is 0.803. The van der Waals surface area contributed by atoms with Crippen LogP contribution in [-0.2, 0) is 16.6 Å².